The highest BCUT2D eigenvalue weighted by molar-refractivity contribution is 5.97. The van der Waals surface area contributed by atoms with E-state index in [9.17, 15) is 10.1 Å². The van der Waals surface area contributed by atoms with Crippen LogP contribution in [-0.2, 0) is 11.8 Å². The van der Waals surface area contributed by atoms with Gasteiger partial charge in [-0.3, -0.25) is 4.79 Å². The van der Waals surface area contributed by atoms with Gasteiger partial charge in [-0.15, -0.1) is 0 Å². The Bertz CT molecular complexity index is 1140. The summed E-state index contributed by atoms with van der Waals surface area (Å²) in [6.07, 6.45) is 3.40. The fourth-order valence-electron chi connectivity index (χ4n) is 5.18. The fourth-order valence-corrected chi connectivity index (χ4v) is 5.18. The number of likely N-dealkylation sites (tertiary alicyclic amines) is 1. The maximum atomic E-state index is 13.4. The van der Waals surface area contributed by atoms with Gasteiger partial charge in [-0.2, -0.15) is 5.26 Å². The molecule has 5 rings (SSSR count). The van der Waals surface area contributed by atoms with Crippen molar-refractivity contribution in [1.82, 2.24) is 14.9 Å². The first-order valence-electron chi connectivity index (χ1n) is 9.79. The summed E-state index contributed by atoms with van der Waals surface area (Å²) in [4.78, 5) is 22.8. The zero-order valence-electron chi connectivity index (χ0n) is 16.1. The molecule has 1 saturated heterocycles. The van der Waals surface area contributed by atoms with Crippen LogP contribution >= 0.6 is 0 Å². The predicted octanol–water partition coefficient (Wildman–Crippen LogP) is 3.80. The molecule has 0 spiro atoms. The van der Waals surface area contributed by atoms with Gasteiger partial charge in [-0.1, -0.05) is 19.9 Å². The second-order valence-corrected chi connectivity index (χ2v) is 8.34. The number of H-pyrrole nitrogens is 1. The lowest BCUT2D eigenvalue weighted by Crippen LogP contribution is -2.59. The highest BCUT2D eigenvalue weighted by Crippen LogP contribution is 2.49. The fraction of sp³-hybridized carbons (Fsp3) is 0.348. The van der Waals surface area contributed by atoms with E-state index < -0.39 is 0 Å². The van der Waals surface area contributed by atoms with Crippen LogP contribution in [0, 0.1) is 17.2 Å². The molecule has 5 nitrogen and oxygen atoms in total. The van der Waals surface area contributed by atoms with Crippen molar-refractivity contribution in [2.75, 3.05) is 6.54 Å². The van der Waals surface area contributed by atoms with Crippen LogP contribution in [0.1, 0.15) is 47.3 Å². The number of hydrogen-bond acceptors (Lipinski definition) is 3. The average Bonchev–Trinajstić information content (AvgIpc) is 3.18. The number of imidazole rings is 1. The second kappa shape index (κ2) is 5.93. The zero-order chi connectivity index (χ0) is 19.5. The zero-order valence-corrected chi connectivity index (χ0v) is 16.1. The first-order chi connectivity index (χ1) is 13.5. The molecule has 0 radical (unpaired) electrons. The molecule has 1 fully saturated rings. The van der Waals surface area contributed by atoms with Crippen molar-refractivity contribution < 1.29 is 4.79 Å². The monoisotopic (exact) mass is 370 g/mol. The topological polar surface area (TPSA) is 72.8 Å². The number of nitriles is 1. The Balaban J connectivity index is 1.52. The highest BCUT2D eigenvalue weighted by Gasteiger charge is 2.49. The van der Waals surface area contributed by atoms with Gasteiger partial charge in [-0.25, -0.2) is 4.98 Å². The number of aromatic nitrogens is 2. The summed E-state index contributed by atoms with van der Waals surface area (Å²) in [5, 5.41) is 9.30. The molecule has 1 aliphatic carbocycles. The minimum atomic E-state index is -0.00474. The van der Waals surface area contributed by atoms with Gasteiger partial charge in [0, 0.05) is 18.2 Å². The lowest BCUT2D eigenvalue weighted by molar-refractivity contribution is 0.0250. The van der Waals surface area contributed by atoms with Crippen molar-refractivity contribution in [3.05, 3.63) is 65.0 Å². The second-order valence-electron chi connectivity index (χ2n) is 8.34. The summed E-state index contributed by atoms with van der Waals surface area (Å²) in [5.74, 6) is 0.426. The predicted molar refractivity (Wildman–Crippen MR) is 107 cm³/mol. The maximum absolute atomic E-state index is 13.4. The summed E-state index contributed by atoms with van der Waals surface area (Å²) < 4.78 is 0. The number of hydrogen-bond donors (Lipinski definition) is 1. The van der Waals surface area contributed by atoms with E-state index in [1.54, 1.807) is 6.33 Å². The van der Waals surface area contributed by atoms with Gasteiger partial charge in [-0.05, 0) is 65.6 Å². The van der Waals surface area contributed by atoms with Crippen molar-refractivity contribution in [3.63, 3.8) is 0 Å². The van der Waals surface area contributed by atoms with Crippen LogP contribution in [-0.4, -0.2) is 33.4 Å². The normalized spacial score (nSPS) is 26.0. The molecule has 140 valence electrons. The van der Waals surface area contributed by atoms with E-state index in [1.807, 2.05) is 24.3 Å². The minimum absolute atomic E-state index is 0.00474. The number of fused-ring (bicyclic) bond motifs is 5. The van der Waals surface area contributed by atoms with Crippen molar-refractivity contribution in [1.29, 1.82) is 5.26 Å². The van der Waals surface area contributed by atoms with E-state index in [0.717, 1.165) is 36.0 Å². The van der Waals surface area contributed by atoms with Gasteiger partial charge in [0.15, 0.2) is 0 Å². The van der Waals surface area contributed by atoms with E-state index in [4.69, 9.17) is 0 Å². The Morgan fingerprint density at radius 2 is 2.18 bits per heavy atom. The number of carbonyl (C=O) groups is 1. The van der Waals surface area contributed by atoms with Crippen molar-refractivity contribution in [2.24, 2.45) is 5.92 Å². The number of nitrogens with one attached hydrogen (secondary N) is 1. The summed E-state index contributed by atoms with van der Waals surface area (Å²) >= 11 is 0. The number of aromatic amines is 1. The van der Waals surface area contributed by atoms with Gasteiger partial charge in [0.05, 0.1) is 29.0 Å². The molecule has 28 heavy (non-hydrogen) atoms. The van der Waals surface area contributed by atoms with Crippen LogP contribution in [0.3, 0.4) is 0 Å². The molecular formula is C23H22N4O. The number of piperidine rings is 1. The molecule has 0 saturated carbocycles. The molecule has 1 N–H and O–H groups in total. The minimum Gasteiger partial charge on any atom is -0.345 e. The van der Waals surface area contributed by atoms with E-state index in [-0.39, 0.29) is 17.4 Å². The Morgan fingerprint density at radius 3 is 3.00 bits per heavy atom. The summed E-state index contributed by atoms with van der Waals surface area (Å²) in [5.41, 5.74) is 5.74. The maximum Gasteiger partial charge on any atom is 0.254 e. The van der Waals surface area contributed by atoms with Gasteiger partial charge >= 0.3 is 0 Å². The largest absolute Gasteiger partial charge is 0.345 e. The molecular weight excluding hydrogens is 348 g/mol. The number of rotatable bonds is 1. The van der Waals surface area contributed by atoms with Gasteiger partial charge in [0.2, 0.25) is 0 Å². The van der Waals surface area contributed by atoms with E-state index in [0.29, 0.717) is 11.5 Å². The standard InChI is InChI=1S/C23H22N4O/c1-14-21-11-16-4-3-15(12-24)9-18(16)23(14,2)7-8-27(21)22(28)17-5-6-19-20(10-17)26-13-25-19/h3-6,9-10,13-14,21H,7-8,11H2,1-2H3,(H,25,26)/t14?,21-,23?/m0/s1. The first kappa shape index (κ1) is 17.0. The number of nitrogens with zero attached hydrogens (tertiary/aromatic N) is 3. The van der Waals surface area contributed by atoms with Crippen molar-refractivity contribution in [3.8, 4) is 6.07 Å². The van der Waals surface area contributed by atoms with Crippen LogP contribution in [0.25, 0.3) is 11.0 Å². The SMILES string of the molecule is CC1[C@@H]2Cc3ccc(C#N)cc3C1(C)CCN2C(=O)c1ccc2nc[nH]c2c1. The van der Waals surface area contributed by atoms with Crippen molar-refractivity contribution >= 4 is 16.9 Å². The quantitative estimate of drug-likeness (QED) is 0.708. The van der Waals surface area contributed by atoms with Gasteiger partial charge in [0.1, 0.15) is 0 Å². The number of carbonyl (C=O) groups excluding carboxylic acids is 1. The van der Waals surface area contributed by atoms with Crippen LogP contribution in [0.2, 0.25) is 0 Å². The lowest BCUT2D eigenvalue weighted by atomic mass is 9.59. The molecule has 2 heterocycles. The average molecular weight is 370 g/mol. The summed E-state index contributed by atoms with van der Waals surface area (Å²) in [7, 11) is 0. The Hall–Kier alpha value is -3.13. The highest BCUT2D eigenvalue weighted by atomic mass is 16.2. The van der Waals surface area contributed by atoms with E-state index in [1.165, 1.54) is 11.1 Å². The third kappa shape index (κ3) is 2.31. The van der Waals surface area contributed by atoms with Crippen LogP contribution in [0.5, 0.6) is 0 Å². The molecule has 1 aromatic heterocycles. The molecule has 3 atom stereocenters. The molecule has 2 aromatic carbocycles. The summed E-state index contributed by atoms with van der Waals surface area (Å²) in [6, 6.07) is 14.2. The lowest BCUT2D eigenvalue weighted by Gasteiger charge is -2.54. The Morgan fingerprint density at radius 1 is 1.32 bits per heavy atom. The third-order valence-corrected chi connectivity index (χ3v) is 7.07. The molecule has 3 aromatic rings. The molecule has 2 bridgehead atoms. The van der Waals surface area contributed by atoms with Gasteiger partial charge < -0.3 is 9.88 Å². The molecule has 5 heteroatoms. The molecule has 1 amide bonds. The van der Waals surface area contributed by atoms with Crippen LogP contribution in [0.4, 0.5) is 0 Å². The summed E-state index contributed by atoms with van der Waals surface area (Å²) in [6.45, 7) is 5.29. The molecule has 2 aliphatic rings. The third-order valence-electron chi connectivity index (χ3n) is 7.07. The van der Waals surface area contributed by atoms with Gasteiger partial charge in [0.25, 0.3) is 5.91 Å². The number of amides is 1. The van der Waals surface area contributed by atoms with Crippen LogP contribution in [0.15, 0.2) is 42.7 Å². The van der Waals surface area contributed by atoms with Crippen LogP contribution < -0.4 is 0 Å². The molecule has 2 unspecified atom stereocenters. The van der Waals surface area contributed by atoms with Crippen molar-refractivity contribution in [2.45, 2.75) is 38.1 Å². The Kier molecular flexibility index (Phi) is 3.60. The molecule has 1 aliphatic heterocycles. The first-order valence-corrected chi connectivity index (χ1v) is 9.79. The van der Waals surface area contributed by atoms with E-state index >= 15 is 0 Å². The Labute approximate surface area is 164 Å². The number of benzene rings is 2. The smallest absolute Gasteiger partial charge is 0.254 e. The van der Waals surface area contributed by atoms with E-state index in [2.05, 4.69) is 46.9 Å².